The van der Waals surface area contributed by atoms with E-state index in [9.17, 15) is 4.79 Å². The number of aryl methyl sites for hydroxylation is 3. The first-order valence-electron chi connectivity index (χ1n) is 7.88. The van der Waals surface area contributed by atoms with Crippen molar-refractivity contribution < 1.29 is 9.32 Å². The molecule has 0 radical (unpaired) electrons. The molecule has 7 heteroatoms. The van der Waals surface area contributed by atoms with Crippen molar-refractivity contribution in [3.05, 3.63) is 33.1 Å². The van der Waals surface area contributed by atoms with Gasteiger partial charge in [0.2, 0.25) is 5.89 Å². The second kappa shape index (κ2) is 6.90. The molecule has 0 amide bonds. The van der Waals surface area contributed by atoms with Gasteiger partial charge in [0.1, 0.15) is 0 Å². The summed E-state index contributed by atoms with van der Waals surface area (Å²) in [5.41, 5.74) is 0.823. The van der Waals surface area contributed by atoms with Crippen LogP contribution in [-0.2, 0) is 6.42 Å². The highest BCUT2D eigenvalue weighted by Crippen LogP contribution is 2.23. The molecule has 1 saturated heterocycles. The van der Waals surface area contributed by atoms with Gasteiger partial charge in [0.25, 0.3) is 0 Å². The number of nitrogens with zero attached hydrogens (tertiary/aromatic N) is 3. The van der Waals surface area contributed by atoms with Crippen LogP contribution in [0.5, 0.6) is 0 Å². The Morgan fingerprint density at radius 2 is 2.35 bits per heavy atom. The Morgan fingerprint density at radius 1 is 1.52 bits per heavy atom. The van der Waals surface area contributed by atoms with E-state index in [0.29, 0.717) is 24.6 Å². The third-order valence-electron chi connectivity index (χ3n) is 4.20. The molecule has 1 atom stereocenters. The van der Waals surface area contributed by atoms with Crippen molar-refractivity contribution in [2.24, 2.45) is 0 Å². The summed E-state index contributed by atoms with van der Waals surface area (Å²) in [6.07, 6.45) is 0.890. The first kappa shape index (κ1) is 16.3. The van der Waals surface area contributed by atoms with Crippen molar-refractivity contribution in [2.75, 3.05) is 26.7 Å². The topological polar surface area (TPSA) is 71.3 Å². The summed E-state index contributed by atoms with van der Waals surface area (Å²) in [7, 11) is 2.06. The number of piperazine rings is 1. The van der Waals surface area contributed by atoms with Gasteiger partial charge in [0.15, 0.2) is 11.6 Å². The molecular formula is C16H22N4O2S. The van der Waals surface area contributed by atoms with Crippen molar-refractivity contribution in [3.8, 4) is 0 Å². The van der Waals surface area contributed by atoms with Crippen molar-refractivity contribution >= 4 is 17.1 Å². The quantitative estimate of drug-likeness (QED) is 0.845. The normalized spacial score (nSPS) is 19.2. The zero-order chi connectivity index (χ0) is 16.4. The van der Waals surface area contributed by atoms with E-state index in [1.807, 2.05) is 19.9 Å². The predicted molar refractivity (Wildman–Crippen MR) is 89.0 cm³/mol. The molecular weight excluding hydrogens is 312 g/mol. The van der Waals surface area contributed by atoms with Crippen LogP contribution in [0.2, 0.25) is 0 Å². The van der Waals surface area contributed by atoms with Crippen molar-refractivity contribution in [3.63, 3.8) is 0 Å². The summed E-state index contributed by atoms with van der Waals surface area (Å²) in [5, 5.41) is 7.42. The molecule has 0 saturated carbocycles. The fourth-order valence-electron chi connectivity index (χ4n) is 2.86. The van der Waals surface area contributed by atoms with E-state index >= 15 is 0 Å². The molecule has 2 aromatic heterocycles. The molecule has 124 valence electrons. The van der Waals surface area contributed by atoms with Crippen LogP contribution in [0.15, 0.2) is 10.6 Å². The van der Waals surface area contributed by atoms with Gasteiger partial charge in [-0.15, -0.1) is 11.3 Å². The fourth-order valence-corrected chi connectivity index (χ4v) is 3.80. The minimum atomic E-state index is 0.138. The number of Topliss-reactive ketones (excluding diaryl/α,β-unsaturated/α-hetero) is 1. The maximum absolute atomic E-state index is 12.3. The SMILES string of the molecule is Cc1cc(C(=O)CCc2nc(C3CNCCN3C)no2)c(C)s1. The van der Waals surface area contributed by atoms with Crippen LogP contribution in [0.3, 0.4) is 0 Å². The number of carbonyl (C=O) groups is 1. The lowest BCUT2D eigenvalue weighted by Crippen LogP contribution is -2.44. The van der Waals surface area contributed by atoms with E-state index in [1.54, 1.807) is 11.3 Å². The minimum Gasteiger partial charge on any atom is -0.339 e. The Hall–Kier alpha value is -1.57. The Morgan fingerprint density at radius 3 is 3.04 bits per heavy atom. The van der Waals surface area contributed by atoms with E-state index in [2.05, 4.69) is 27.4 Å². The molecule has 1 aliphatic rings. The first-order valence-corrected chi connectivity index (χ1v) is 8.70. The smallest absolute Gasteiger partial charge is 0.227 e. The summed E-state index contributed by atoms with van der Waals surface area (Å²) in [6.45, 7) is 6.77. The molecule has 0 aromatic carbocycles. The second-order valence-corrected chi connectivity index (χ2v) is 7.46. The van der Waals surface area contributed by atoms with Gasteiger partial charge in [-0.3, -0.25) is 9.69 Å². The number of carbonyl (C=O) groups excluding carboxylic acids is 1. The molecule has 0 spiro atoms. The number of hydrogen-bond acceptors (Lipinski definition) is 7. The highest BCUT2D eigenvalue weighted by atomic mass is 32.1. The predicted octanol–water partition coefficient (Wildman–Crippen LogP) is 2.14. The van der Waals surface area contributed by atoms with Crippen LogP contribution in [0.1, 0.15) is 44.3 Å². The third kappa shape index (κ3) is 3.68. The molecule has 3 heterocycles. The van der Waals surface area contributed by atoms with Gasteiger partial charge in [-0.1, -0.05) is 5.16 Å². The van der Waals surface area contributed by atoms with E-state index in [4.69, 9.17) is 4.52 Å². The highest BCUT2D eigenvalue weighted by Gasteiger charge is 2.25. The Bertz CT molecular complexity index is 694. The number of thiophene rings is 1. The number of aromatic nitrogens is 2. The maximum atomic E-state index is 12.3. The average molecular weight is 334 g/mol. The molecule has 6 nitrogen and oxygen atoms in total. The average Bonchev–Trinajstić information content (AvgIpc) is 3.12. The van der Waals surface area contributed by atoms with Crippen molar-refractivity contribution in [2.45, 2.75) is 32.7 Å². The van der Waals surface area contributed by atoms with Crippen LogP contribution in [-0.4, -0.2) is 47.5 Å². The zero-order valence-electron chi connectivity index (χ0n) is 13.8. The molecule has 3 rings (SSSR count). The molecule has 1 aliphatic heterocycles. The van der Waals surface area contributed by atoms with Crippen molar-refractivity contribution in [1.29, 1.82) is 0 Å². The van der Waals surface area contributed by atoms with E-state index in [1.165, 1.54) is 4.88 Å². The van der Waals surface area contributed by atoms with E-state index < -0.39 is 0 Å². The van der Waals surface area contributed by atoms with Gasteiger partial charge in [-0.2, -0.15) is 4.98 Å². The minimum absolute atomic E-state index is 0.138. The number of hydrogen-bond donors (Lipinski definition) is 1. The molecule has 1 fully saturated rings. The lowest BCUT2D eigenvalue weighted by molar-refractivity contribution is 0.0979. The lowest BCUT2D eigenvalue weighted by atomic mass is 10.1. The number of rotatable bonds is 5. The van der Waals surface area contributed by atoms with Crippen LogP contribution in [0, 0.1) is 13.8 Å². The summed E-state index contributed by atoms with van der Waals surface area (Å²) >= 11 is 1.66. The fraction of sp³-hybridized carbons (Fsp3) is 0.562. The first-order chi connectivity index (χ1) is 11.0. The summed E-state index contributed by atoms with van der Waals surface area (Å²) in [6, 6.07) is 2.10. The van der Waals surface area contributed by atoms with E-state index in [-0.39, 0.29) is 11.8 Å². The Kier molecular flexibility index (Phi) is 4.89. The van der Waals surface area contributed by atoms with Gasteiger partial charge in [0.05, 0.1) is 6.04 Å². The van der Waals surface area contributed by atoms with Gasteiger partial charge < -0.3 is 9.84 Å². The third-order valence-corrected chi connectivity index (χ3v) is 5.17. The van der Waals surface area contributed by atoms with Gasteiger partial charge >= 0.3 is 0 Å². The lowest BCUT2D eigenvalue weighted by Gasteiger charge is -2.30. The van der Waals surface area contributed by atoms with Gasteiger partial charge in [-0.25, -0.2) is 0 Å². The molecule has 0 bridgehead atoms. The number of likely N-dealkylation sites (N-methyl/N-ethyl adjacent to an activating group) is 1. The second-order valence-electron chi connectivity index (χ2n) is 6.00. The van der Waals surface area contributed by atoms with Crippen LogP contribution in [0.25, 0.3) is 0 Å². The molecule has 23 heavy (non-hydrogen) atoms. The summed E-state index contributed by atoms with van der Waals surface area (Å²) < 4.78 is 5.32. The van der Waals surface area contributed by atoms with Crippen LogP contribution < -0.4 is 5.32 Å². The largest absolute Gasteiger partial charge is 0.339 e. The number of nitrogens with one attached hydrogen (secondary N) is 1. The molecule has 1 unspecified atom stereocenters. The molecule has 0 aliphatic carbocycles. The van der Waals surface area contributed by atoms with Gasteiger partial charge in [0, 0.05) is 47.8 Å². The summed E-state index contributed by atoms with van der Waals surface area (Å²) in [5.74, 6) is 1.38. The van der Waals surface area contributed by atoms with E-state index in [0.717, 1.165) is 30.1 Å². The standard InChI is InChI=1S/C16H22N4O2S/c1-10-8-12(11(2)23-10)14(21)4-5-15-18-16(19-22-15)13-9-17-6-7-20(13)3/h8,13,17H,4-7,9H2,1-3H3. The Balaban J connectivity index is 1.61. The number of ketones is 1. The Labute approximate surface area is 139 Å². The maximum Gasteiger partial charge on any atom is 0.227 e. The van der Waals surface area contributed by atoms with Crippen LogP contribution >= 0.6 is 11.3 Å². The zero-order valence-corrected chi connectivity index (χ0v) is 14.6. The summed E-state index contributed by atoms with van der Waals surface area (Å²) in [4.78, 5) is 21.2. The molecule has 1 N–H and O–H groups in total. The van der Waals surface area contributed by atoms with Crippen molar-refractivity contribution in [1.82, 2.24) is 20.4 Å². The highest BCUT2D eigenvalue weighted by molar-refractivity contribution is 7.12. The van der Waals surface area contributed by atoms with Crippen LogP contribution in [0.4, 0.5) is 0 Å². The molecule has 2 aromatic rings. The van der Waals surface area contributed by atoms with Gasteiger partial charge in [-0.05, 0) is 27.0 Å². The monoisotopic (exact) mass is 334 g/mol.